The van der Waals surface area contributed by atoms with Crippen LogP contribution in [0.2, 0.25) is 0 Å². The van der Waals surface area contributed by atoms with Crippen molar-refractivity contribution in [3.8, 4) is 0 Å². The number of hydrogen-bond donors (Lipinski definition) is 1. The molecule has 0 aliphatic heterocycles. The van der Waals surface area contributed by atoms with Crippen LogP contribution in [0.15, 0.2) is 0 Å². The van der Waals surface area contributed by atoms with Gasteiger partial charge >= 0.3 is 0 Å². The van der Waals surface area contributed by atoms with Gasteiger partial charge in [0, 0.05) is 25.5 Å². The smallest absolute Gasteiger partial charge is 0.123 e. The molecule has 114 valence electrons. The molecule has 2 rings (SSSR count). The fourth-order valence-electron chi connectivity index (χ4n) is 2.81. The number of hydrogen-bond acceptors (Lipinski definition) is 5. The van der Waals surface area contributed by atoms with Gasteiger partial charge in [0.2, 0.25) is 0 Å². The van der Waals surface area contributed by atoms with E-state index in [2.05, 4.69) is 22.4 Å². The predicted octanol–water partition coefficient (Wildman–Crippen LogP) is 2.93. The summed E-state index contributed by atoms with van der Waals surface area (Å²) in [6.45, 7) is 5.09. The molecule has 0 spiro atoms. The van der Waals surface area contributed by atoms with Gasteiger partial charge in [-0.15, -0.1) is 21.5 Å². The Balaban J connectivity index is 1.74. The van der Waals surface area contributed by atoms with Crippen LogP contribution in [0.25, 0.3) is 0 Å². The van der Waals surface area contributed by atoms with Gasteiger partial charge in [-0.3, -0.25) is 0 Å². The third kappa shape index (κ3) is 4.50. The molecule has 1 aliphatic carbocycles. The summed E-state index contributed by atoms with van der Waals surface area (Å²) in [6.07, 6.45) is 8.78. The molecule has 0 amide bonds. The van der Waals surface area contributed by atoms with Gasteiger partial charge < -0.3 is 10.1 Å². The summed E-state index contributed by atoms with van der Waals surface area (Å²) in [7, 11) is 1.73. The Morgan fingerprint density at radius 2 is 2.00 bits per heavy atom. The second-order valence-corrected chi connectivity index (χ2v) is 7.03. The summed E-state index contributed by atoms with van der Waals surface area (Å²) < 4.78 is 5.01. The predicted molar refractivity (Wildman–Crippen MR) is 83.4 cm³/mol. The van der Waals surface area contributed by atoms with Crippen molar-refractivity contribution in [3.63, 3.8) is 0 Å². The van der Waals surface area contributed by atoms with E-state index in [1.54, 1.807) is 7.11 Å². The molecular formula is C15H27N3OS. The van der Waals surface area contributed by atoms with E-state index in [0.29, 0.717) is 5.41 Å². The quantitative estimate of drug-likeness (QED) is 0.750. The van der Waals surface area contributed by atoms with Crippen molar-refractivity contribution in [2.24, 2.45) is 0 Å². The molecule has 1 aromatic heterocycles. The first-order valence-electron chi connectivity index (χ1n) is 7.77. The molecule has 0 aromatic carbocycles. The van der Waals surface area contributed by atoms with Crippen LogP contribution in [0.5, 0.6) is 0 Å². The minimum absolute atomic E-state index is 0.297. The van der Waals surface area contributed by atoms with Crippen molar-refractivity contribution in [1.29, 1.82) is 0 Å². The molecule has 1 fully saturated rings. The molecule has 1 heterocycles. The van der Waals surface area contributed by atoms with Crippen LogP contribution in [0.4, 0.5) is 0 Å². The van der Waals surface area contributed by atoms with E-state index in [1.165, 1.54) is 42.1 Å². The lowest BCUT2D eigenvalue weighted by Gasteiger charge is -2.30. The summed E-state index contributed by atoms with van der Waals surface area (Å²) in [5.41, 5.74) is 0.297. The van der Waals surface area contributed by atoms with Crippen molar-refractivity contribution in [1.82, 2.24) is 15.5 Å². The third-order valence-electron chi connectivity index (χ3n) is 4.17. The van der Waals surface area contributed by atoms with Crippen molar-refractivity contribution >= 4 is 11.3 Å². The fraction of sp³-hybridized carbons (Fsp3) is 0.867. The van der Waals surface area contributed by atoms with Crippen LogP contribution in [0.3, 0.4) is 0 Å². The Kier molecular flexibility index (Phi) is 6.39. The molecule has 0 bridgehead atoms. The summed E-state index contributed by atoms with van der Waals surface area (Å²) in [5, 5.41) is 14.7. The highest BCUT2D eigenvalue weighted by Crippen LogP contribution is 2.40. The van der Waals surface area contributed by atoms with Crippen LogP contribution < -0.4 is 5.32 Å². The highest BCUT2D eigenvalue weighted by atomic mass is 32.1. The molecule has 1 aromatic rings. The number of aryl methyl sites for hydroxylation is 1. The molecule has 1 N–H and O–H groups in total. The Bertz CT molecular complexity index is 388. The highest BCUT2D eigenvalue weighted by Gasteiger charge is 2.32. The lowest BCUT2D eigenvalue weighted by molar-refractivity contribution is 0.199. The van der Waals surface area contributed by atoms with Crippen molar-refractivity contribution < 1.29 is 4.74 Å². The summed E-state index contributed by atoms with van der Waals surface area (Å²) >= 11 is 1.83. The van der Waals surface area contributed by atoms with Crippen molar-refractivity contribution in [3.05, 3.63) is 10.0 Å². The van der Waals surface area contributed by atoms with E-state index < -0.39 is 0 Å². The van der Waals surface area contributed by atoms with E-state index in [9.17, 15) is 0 Å². The minimum Gasteiger partial charge on any atom is -0.383 e. The van der Waals surface area contributed by atoms with Gasteiger partial charge in [-0.2, -0.15) is 0 Å². The van der Waals surface area contributed by atoms with Gasteiger partial charge in [0.1, 0.15) is 10.0 Å². The van der Waals surface area contributed by atoms with E-state index in [1.807, 2.05) is 11.3 Å². The van der Waals surface area contributed by atoms with Gasteiger partial charge in [0.05, 0.1) is 6.61 Å². The van der Waals surface area contributed by atoms with E-state index >= 15 is 0 Å². The number of nitrogens with one attached hydrogen (secondary N) is 1. The summed E-state index contributed by atoms with van der Waals surface area (Å²) in [4.78, 5) is 0. The molecule has 0 unspecified atom stereocenters. The topological polar surface area (TPSA) is 47.0 Å². The second-order valence-electron chi connectivity index (χ2n) is 5.97. The summed E-state index contributed by atoms with van der Waals surface area (Å²) in [5.74, 6) is 0. The third-order valence-corrected chi connectivity index (χ3v) is 5.46. The average molecular weight is 297 g/mol. The van der Waals surface area contributed by atoms with E-state index in [-0.39, 0.29) is 0 Å². The Labute approximate surface area is 126 Å². The maximum atomic E-state index is 5.01. The zero-order valence-electron chi connectivity index (χ0n) is 12.8. The van der Waals surface area contributed by atoms with Gasteiger partial charge in [0.15, 0.2) is 0 Å². The second kappa shape index (κ2) is 8.05. The first kappa shape index (κ1) is 15.9. The standard InChI is InChI=1S/C15H27N3OS/c1-15(8-4-3-5-9-15)14-18-17-13(20-14)7-6-10-16-11-12-19-2/h16H,3-12H2,1-2H3. The van der Waals surface area contributed by atoms with Gasteiger partial charge in [-0.25, -0.2) is 0 Å². The van der Waals surface area contributed by atoms with Crippen LogP contribution in [0, 0.1) is 0 Å². The molecule has 1 saturated carbocycles. The molecule has 20 heavy (non-hydrogen) atoms. The molecule has 0 radical (unpaired) electrons. The molecular weight excluding hydrogens is 270 g/mol. The van der Waals surface area contributed by atoms with Crippen LogP contribution in [-0.2, 0) is 16.6 Å². The minimum atomic E-state index is 0.297. The van der Waals surface area contributed by atoms with Crippen LogP contribution in [0.1, 0.15) is 55.5 Å². The maximum Gasteiger partial charge on any atom is 0.123 e. The largest absolute Gasteiger partial charge is 0.383 e. The monoisotopic (exact) mass is 297 g/mol. The number of aromatic nitrogens is 2. The normalized spacial score (nSPS) is 18.3. The SMILES string of the molecule is COCCNCCCc1nnc(C2(C)CCCCC2)s1. The number of ether oxygens (including phenoxy) is 1. The Morgan fingerprint density at radius 3 is 2.75 bits per heavy atom. The summed E-state index contributed by atoms with van der Waals surface area (Å²) in [6, 6.07) is 0. The molecule has 0 atom stereocenters. The number of rotatable bonds is 8. The number of nitrogens with zero attached hydrogens (tertiary/aromatic N) is 2. The first-order valence-corrected chi connectivity index (χ1v) is 8.59. The van der Waals surface area contributed by atoms with E-state index in [4.69, 9.17) is 4.74 Å². The van der Waals surface area contributed by atoms with Gasteiger partial charge in [0.25, 0.3) is 0 Å². The lowest BCUT2D eigenvalue weighted by Crippen LogP contribution is -2.24. The van der Waals surface area contributed by atoms with Crippen LogP contribution >= 0.6 is 11.3 Å². The van der Waals surface area contributed by atoms with Gasteiger partial charge in [-0.1, -0.05) is 26.2 Å². The average Bonchev–Trinajstić information content (AvgIpc) is 2.93. The molecule has 5 heteroatoms. The van der Waals surface area contributed by atoms with Crippen molar-refractivity contribution in [2.75, 3.05) is 26.8 Å². The molecule has 1 aliphatic rings. The van der Waals surface area contributed by atoms with Gasteiger partial charge in [-0.05, 0) is 25.8 Å². The van der Waals surface area contributed by atoms with E-state index in [0.717, 1.165) is 32.5 Å². The molecule has 0 saturated heterocycles. The Hall–Kier alpha value is -0.520. The zero-order valence-corrected chi connectivity index (χ0v) is 13.6. The Morgan fingerprint density at radius 1 is 1.20 bits per heavy atom. The maximum absolute atomic E-state index is 5.01. The fourth-order valence-corrected chi connectivity index (χ4v) is 3.89. The zero-order chi connectivity index (χ0) is 14.3. The first-order chi connectivity index (χ1) is 9.74. The van der Waals surface area contributed by atoms with Crippen molar-refractivity contribution in [2.45, 2.75) is 57.3 Å². The molecule has 4 nitrogen and oxygen atoms in total. The number of methoxy groups -OCH3 is 1. The highest BCUT2D eigenvalue weighted by molar-refractivity contribution is 7.11. The van der Waals surface area contributed by atoms with Crippen LogP contribution in [-0.4, -0.2) is 37.0 Å². The lowest BCUT2D eigenvalue weighted by atomic mass is 9.76.